The Hall–Kier alpha value is -3.43. The average molecular weight is 407 g/mol. The number of nitrogens with one attached hydrogen (secondary N) is 1. The Labute approximate surface area is 169 Å². The fourth-order valence-electron chi connectivity index (χ4n) is 2.83. The summed E-state index contributed by atoms with van der Waals surface area (Å²) in [6.45, 7) is 0.723. The van der Waals surface area contributed by atoms with Crippen molar-refractivity contribution in [3.05, 3.63) is 81.3 Å². The monoisotopic (exact) mass is 407 g/mol. The van der Waals surface area contributed by atoms with E-state index in [2.05, 4.69) is 20.5 Å². The van der Waals surface area contributed by atoms with Crippen LogP contribution in [-0.2, 0) is 17.9 Å². The van der Waals surface area contributed by atoms with E-state index in [0.717, 1.165) is 5.56 Å². The van der Waals surface area contributed by atoms with Crippen LogP contribution in [0.2, 0.25) is 0 Å². The maximum atomic E-state index is 12.6. The summed E-state index contributed by atoms with van der Waals surface area (Å²) in [5, 5.41) is 12.3. The van der Waals surface area contributed by atoms with Crippen molar-refractivity contribution in [3.8, 4) is 0 Å². The molecule has 146 valence electrons. The summed E-state index contributed by atoms with van der Waals surface area (Å²) in [4.78, 5) is 29.3. The second kappa shape index (κ2) is 8.29. The van der Waals surface area contributed by atoms with E-state index in [1.807, 2.05) is 30.3 Å². The summed E-state index contributed by atoms with van der Waals surface area (Å²) in [5.74, 6) is -0.277. The molecule has 4 rings (SSSR count). The Morgan fingerprint density at radius 3 is 2.72 bits per heavy atom. The Morgan fingerprint density at radius 2 is 1.93 bits per heavy atom. The largest absolute Gasteiger partial charge is 0.377 e. The number of carbonyl (C=O) groups is 1. The van der Waals surface area contributed by atoms with Crippen LogP contribution in [-0.4, -0.2) is 32.8 Å². The van der Waals surface area contributed by atoms with Crippen LogP contribution in [0.5, 0.6) is 0 Å². The molecular formula is C20H17N5O3S. The fourth-order valence-corrected chi connectivity index (χ4v) is 3.54. The van der Waals surface area contributed by atoms with Crippen molar-refractivity contribution in [2.45, 2.75) is 13.2 Å². The van der Waals surface area contributed by atoms with Crippen molar-refractivity contribution in [1.29, 1.82) is 0 Å². The molecule has 0 unspecified atom stereocenters. The first-order valence-electron chi connectivity index (χ1n) is 8.80. The molecule has 2 heterocycles. The minimum Gasteiger partial charge on any atom is -0.377 e. The van der Waals surface area contributed by atoms with E-state index in [-0.39, 0.29) is 11.5 Å². The van der Waals surface area contributed by atoms with Gasteiger partial charge in [0.15, 0.2) is 0 Å². The third-order valence-corrected chi connectivity index (χ3v) is 5.07. The SMILES string of the molecule is COCc1nnc(NC(=O)c2ccc(Cn3cnc4ccccc4c3=O)cc2)s1. The Balaban J connectivity index is 1.47. The topological polar surface area (TPSA) is 99.0 Å². The average Bonchev–Trinajstić information content (AvgIpc) is 3.18. The van der Waals surface area contributed by atoms with Gasteiger partial charge in [-0.05, 0) is 29.8 Å². The van der Waals surface area contributed by atoms with Crippen LogP contribution in [0.25, 0.3) is 10.9 Å². The molecule has 1 N–H and O–H groups in total. The molecule has 0 bridgehead atoms. The number of anilines is 1. The Bertz CT molecular complexity index is 1220. The molecular weight excluding hydrogens is 390 g/mol. The molecule has 0 spiro atoms. The van der Waals surface area contributed by atoms with E-state index in [9.17, 15) is 9.59 Å². The standard InChI is InChI=1S/C20H17N5O3S/c1-28-11-17-23-24-20(29-17)22-18(26)14-8-6-13(7-9-14)10-25-12-21-16-5-3-2-4-15(16)19(25)27/h2-9,12H,10-11H2,1H3,(H,22,24,26). The number of rotatable bonds is 6. The number of ether oxygens (including phenoxy) is 1. The van der Waals surface area contributed by atoms with Crippen molar-refractivity contribution < 1.29 is 9.53 Å². The predicted molar refractivity (Wildman–Crippen MR) is 110 cm³/mol. The van der Waals surface area contributed by atoms with E-state index in [4.69, 9.17) is 4.74 Å². The van der Waals surface area contributed by atoms with Gasteiger partial charge < -0.3 is 4.74 Å². The highest BCUT2D eigenvalue weighted by Gasteiger charge is 2.11. The highest BCUT2D eigenvalue weighted by molar-refractivity contribution is 7.15. The highest BCUT2D eigenvalue weighted by atomic mass is 32.1. The molecule has 1 amide bonds. The van der Waals surface area contributed by atoms with Gasteiger partial charge in [0.1, 0.15) is 11.6 Å². The lowest BCUT2D eigenvalue weighted by Crippen LogP contribution is -2.21. The first-order chi connectivity index (χ1) is 14.1. The molecule has 29 heavy (non-hydrogen) atoms. The first kappa shape index (κ1) is 18.9. The van der Waals surface area contributed by atoms with Crippen LogP contribution in [0, 0.1) is 0 Å². The van der Waals surface area contributed by atoms with Crippen LogP contribution >= 0.6 is 11.3 Å². The lowest BCUT2D eigenvalue weighted by Gasteiger charge is -2.08. The van der Waals surface area contributed by atoms with Crippen LogP contribution in [0.4, 0.5) is 5.13 Å². The molecule has 0 radical (unpaired) electrons. The molecule has 0 aliphatic rings. The second-order valence-corrected chi connectivity index (χ2v) is 7.34. The third-order valence-electron chi connectivity index (χ3n) is 4.26. The number of para-hydroxylation sites is 1. The van der Waals surface area contributed by atoms with Crippen molar-refractivity contribution in [2.75, 3.05) is 12.4 Å². The van der Waals surface area contributed by atoms with Gasteiger partial charge in [-0.25, -0.2) is 4.98 Å². The van der Waals surface area contributed by atoms with Gasteiger partial charge in [-0.15, -0.1) is 10.2 Å². The van der Waals surface area contributed by atoms with Gasteiger partial charge >= 0.3 is 0 Å². The summed E-state index contributed by atoms with van der Waals surface area (Å²) < 4.78 is 6.54. The van der Waals surface area contributed by atoms with Gasteiger partial charge in [0, 0.05) is 12.7 Å². The molecule has 2 aromatic heterocycles. The second-order valence-electron chi connectivity index (χ2n) is 6.28. The lowest BCUT2D eigenvalue weighted by atomic mass is 10.1. The van der Waals surface area contributed by atoms with Crippen LogP contribution in [0.3, 0.4) is 0 Å². The van der Waals surface area contributed by atoms with E-state index in [1.165, 1.54) is 11.3 Å². The fraction of sp³-hybridized carbons (Fsp3) is 0.150. The summed E-state index contributed by atoms with van der Waals surface area (Å²) in [6.07, 6.45) is 1.54. The number of methoxy groups -OCH3 is 1. The summed E-state index contributed by atoms with van der Waals surface area (Å²) in [5.41, 5.74) is 1.95. The molecule has 4 aromatic rings. The minimum absolute atomic E-state index is 0.0967. The molecule has 0 fully saturated rings. The zero-order chi connectivity index (χ0) is 20.2. The maximum Gasteiger partial charge on any atom is 0.261 e. The molecule has 0 saturated carbocycles. The van der Waals surface area contributed by atoms with Crippen LogP contribution in [0.1, 0.15) is 20.9 Å². The smallest absolute Gasteiger partial charge is 0.261 e. The summed E-state index contributed by atoms with van der Waals surface area (Å²) in [6, 6.07) is 14.3. The van der Waals surface area contributed by atoms with Gasteiger partial charge in [0.25, 0.3) is 11.5 Å². The highest BCUT2D eigenvalue weighted by Crippen LogP contribution is 2.17. The van der Waals surface area contributed by atoms with Crippen molar-refractivity contribution in [1.82, 2.24) is 19.7 Å². The van der Waals surface area contributed by atoms with Gasteiger partial charge in [-0.3, -0.25) is 19.5 Å². The lowest BCUT2D eigenvalue weighted by molar-refractivity contribution is 0.102. The zero-order valence-electron chi connectivity index (χ0n) is 15.5. The number of aromatic nitrogens is 4. The first-order valence-corrected chi connectivity index (χ1v) is 9.61. The quantitative estimate of drug-likeness (QED) is 0.528. The van der Waals surface area contributed by atoms with Crippen molar-refractivity contribution >= 4 is 33.3 Å². The summed E-state index contributed by atoms with van der Waals surface area (Å²) in [7, 11) is 1.57. The molecule has 0 saturated heterocycles. The molecule has 0 aliphatic heterocycles. The number of hydrogen-bond acceptors (Lipinski definition) is 7. The van der Waals surface area contributed by atoms with Gasteiger partial charge in [-0.1, -0.05) is 35.6 Å². The molecule has 0 atom stereocenters. The maximum absolute atomic E-state index is 12.6. The van der Waals surface area contributed by atoms with Gasteiger partial charge in [0.2, 0.25) is 5.13 Å². The van der Waals surface area contributed by atoms with E-state index < -0.39 is 0 Å². The Kier molecular flexibility index (Phi) is 5.41. The van der Waals surface area contributed by atoms with Crippen molar-refractivity contribution in [3.63, 3.8) is 0 Å². The predicted octanol–water partition coefficient (Wildman–Crippen LogP) is 2.70. The van der Waals surface area contributed by atoms with Crippen molar-refractivity contribution in [2.24, 2.45) is 0 Å². The number of carbonyl (C=O) groups excluding carboxylic acids is 1. The normalized spacial score (nSPS) is 10.9. The van der Waals surface area contributed by atoms with Gasteiger partial charge in [0.05, 0.1) is 23.8 Å². The zero-order valence-corrected chi connectivity index (χ0v) is 16.3. The third kappa shape index (κ3) is 4.20. The molecule has 0 aliphatic carbocycles. The number of benzene rings is 2. The number of hydrogen-bond donors (Lipinski definition) is 1. The number of amides is 1. The van der Waals surface area contributed by atoms with E-state index in [0.29, 0.717) is 39.8 Å². The van der Waals surface area contributed by atoms with Crippen LogP contribution in [0.15, 0.2) is 59.7 Å². The Morgan fingerprint density at radius 1 is 1.14 bits per heavy atom. The van der Waals surface area contributed by atoms with Gasteiger partial charge in [-0.2, -0.15) is 0 Å². The molecule has 2 aromatic carbocycles. The number of fused-ring (bicyclic) bond motifs is 1. The van der Waals surface area contributed by atoms with Crippen LogP contribution < -0.4 is 10.9 Å². The number of nitrogens with zero attached hydrogens (tertiary/aromatic N) is 4. The molecule has 9 heteroatoms. The molecule has 8 nitrogen and oxygen atoms in total. The summed E-state index contributed by atoms with van der Waals surface area (Å²) >= 11 is 1.26. The minimum atomic E-state index is -0.277. The van der Waals surface area contributed by atoms with E-state index >= 15 is 0 Å². The van der Waals surface area contributed by atoms with E-state index in [1.54, 1.807) is 36.2 Å².